The average Bonchev–Trinajstić information content (AvgIpc) is 3.03. The lowest BCUT2D eigenvalue weighted by Crippen LogP contribution is -2.41. The Bertz CT molecular complexity index is 549. The number of guanidine groups is 1. The number of methoxy groups -OCH3 is 1. The third-order valence-corrected chi connectivity index (χ3v) is 4.64. The van der Waals surface area contributed by atoms with Gasteiger partial charge in [-0.15, -0.1) is 0 Å². The molecule has 0 aromatic heterocycles. The van der Waals surface area contributed by atoms with Gasteiger partial charge < -0.3 is 19.7 Å². The lowest BCUT2D eigenvalue weighted by molar-refractivity contribution is 0.0536. The number of hydrogen-bond acceptors (Lipinski definition) is 3. The number of likely N-dealkylation sites (tertiary alicyclic amines) is 1. The quantitative estimate of drug-likeness (QED) is 0.422. The van der Waals surface area contributed by atoms with E-state index < -0.39 is 0 Å². The molecule has 0 aliphatic carbocycles. The largest absolute Gasteiger partial charge is 0.382 e. The number of benzene rings is 1. The Labute approximate surface area is 160 Å². The molecule has 1 fully saturated rings. The van der Waals surface area contributed by atoms with Crippen molar-refractivity contribution < 1.29 is 9.47 Å². The third-order valence-electron chi connectivity index (χ3n) is 4.20. The molecular weight excluding hydrogens is 361 g/mol. The third kappa shape index (κ3) is 7.02. The fraction of sp³-hybridized carbons (Fsp3) is 0.611. The van der Waals surface area contributed by atoms with Gasteiger partial charge in [-0.25, -0.2) is 0 Å². The minimum Gasteiger partial charge on any atom is -0.382 e. The second-order valence-corrected chi connectivity index (χ2v) is 7.04. The van der Waals surface area contributed by atoms with Gasteiger partial charge in [0.15, 0.2) is 5.96 Å². The summed E-state index contributed by atoms with van der Waals surface area (Å²) in [6.45, 7) is 4.83. The molecule has 1 unspecified atom stereocenters. The first-order valence-electron chi connectivity index (χ1n) is 8.59. The van der Waals surface area contributed by atoms with Gasteiger partial charge in [0.2, 0.25) is 0 Å². The monoisotopic (exact) mass is 387 g/mol. The summed E-state index contributed by atoms with van der Waals surface area (Å²) in [6.07, 6.45) is 1.97. The zero-order chi connectivity index (χ0) is 18.1. The van der Waals surface area contributed by atoms with E-state index in [4.69, 9.17) is 32.7 Å². The van der Waals surface area contributed by atoms with Crippen LogP contribution < -0.4 is 5.32 Å². The molecule has 1 aliphatic rings. The Balaban J connectivity index is 1.73. The van der Waals surface area contributed by atoms with Crippen molar-refractivity contribution in [3.05, 3.63) is 33.8 Å². The van der Waals surface area contributed by atoms with Crippen molar-refractivity contribution in [1.29, 1.82) is 0 Å². The number of aliphatic imine (C=N–C) groups is 1. The van der Waals surface area contributed by atoms with E-state index in [9.17, 15) is 0 Å². The Kier molecular flexibility index (Phi) is 8.82. The second kappa shape index (κ2) is 10.9. The summed E-state index contributed by atoms with van der Waals surface area (Å²) in [4.78, 5) is 6.69. The first-order chi connectivity index (χ1) is 12.1. The van der Waals surface area contributed by atoms with Crippen molar-refractivity contribution in [2.24, 2.45) is 10.9 Å². The van der Waals surface area contributed by atoms with Gasteiger partial charge in [0.1, 0.15) is 0 Å². The SMILES string of the molecule is CN=C(NCCc1cc(Cl)cc(Cl)c1)N1CCC(COCCOC)C1. The summed E-state index contributed by atoms with van der Waals surface area (Å²) < 4.78 is 10.6. The number of hydrogen-bond donors (Lipinski definition) is 1. The summed E-state index contributed by atoms with van der Waals surface area (Å²) in [6, 6.07) is 5.64. The summed E-state index contributed by atoms with van der Waals surface area (Å²) in [5, 5.41) is 4.76. The van der Waals surface area contributed by atoms with Crippen LogP contribution >= 0.6 is 23.2 Å². The first-order valence-corrected chi connectivity index (χ1v) is 9.35. The van der Waals surface area contributed by atoms with Gasteiger partial charge in [-0.05, 0) is 36.6 Å². The summed E-state index contributed by atoms with van der Waals surface area (Å²) in [5.74, 6) is 1.48. The molecule has 0 bridgehead atoms. The highest BCUT2D eigenvalue weighted by Gasteiger charge is 2.24. The van der Waals surface area contributed by atoms with Gasteiger partial charge in [0, 0.05) is 49.8 Å². The Morgan fingerprint density at radius 1 is 1.28 bits per heavy atom. The zero-order valence-corrected chi connectivity index (χ0v) is 16.4. The van der Waals surface area contributed by atoms with Gasteiger partial charge in [-0.1, -0.05) is 23.2 Å². The molecule has 7 heteroatoms. The van der Waals surface area contributed by atoms with E-state index in [1.54, 1.807) is 13.2 Å². The van der Waals surface area contributed by atoms with Gasteiger partial charge in [0.05, 0.1) is 19.8 Å². The van der Waals surface area contributed by atoms with E-state index in [2.05, 4.69) is 15.2 Å². The van der Waals surface area contributed by atoms with Crippen LogP contribution in [-0.2, 0) is 15.9 Å². The van der Waals surface area contributed by atoms with Crippen LogP contribution in [0.25, 0.3) is 0 Å². The smallest absolute Gasteiger partial charge is 0.193 e. The topological polar surface area (TPSA) is 46.1 Å². The van der Waals surface area contributed by atoms with Crippen molar-refractivity contribution in [1.82, 2.24) is 10.2 Å². The lowest BCUT2D eigenvalue weighted by Gasteiger charge is -2.21. The highest BCUT2D eigenvalue weighted by molar-refractivity contribution is 6.34. The molecule has 1 N–H and O–H groups in total. The van der Waals surface area contributed by atoms with Crippen molar-refractivity contribution in [2.45, 2.75) is 12.8 Å². The number of nitrogens with zero attached hydrogens (tertiary/aromatic N) is 2. The molecule has 1 atom stereocenters. The van der Waals surface area contributed by atoms with Crippen molar-refractivity contribution in [2.75, 3.05) is 53.6 Å². The fourth-order valence-electron chi connectivity index (χ4n) is 2.96. The van der Waals surface area contributed by atoms with Crippen molar-refractivity contribution in [3.8, 4) is 0 Å². The summed E-state index contributed by atoms with van der Waals surface area (Å²) in [5.41, 5.74) is 1.12. The van der Waals surface area contributed by atoms with Crippen LogP contribution in [0.2, 0.25) is 10.0 Å². The minimum atomic E-state index is 0.544. The molecular formula is C18H27Cl2N3O2. The first kappa shape index (κ1) is 20.3. The van der Waals surface area contributed by atoms with Crippen LogP contribution in [0.4, 0.5) is 0 Å². The molecule has 5 nitrogen and oxygen atoms in total. The highest BCUT2D eigenvalue weighted by Crippen LogP contribution is 2.19. The molecule has 25 heavy (non-hydrogen) atoms. The van der Waals surface area contributed by atoms with Crippen molar-refractivity contribution in [3.63, 3.8) is 0 Å². The second-order valence-electron chi connectivity index (χ2n) is 6.17. The molecule has 1 aliphatic heterocycles. The molecule has 0 amide bonds. The molecule has 1 saturated heterocycles. The van der Waals surface area contributed by atoms with Crippen LogP contribution in [0.1, 0.15) is 12.0 Å². The van der Waals surface area contributed by atoms with E-state index in [0.29, 0.717) is 29.2 Å². The van der Waals surface area contributed by atoms with Crippen LogP contribution in [0.15, 0.2) is 23.2 Å². The van der Waals surface area contributed by atoms with E-state index in [1.165, 1.54) is 0 Å². The van der Waals surface area contributed by atoms with Crippen LogP contribution in [0, 0.1) is 5.92 Å². The fourth-order valence-corrected chi connectivity index (χ4v) is 3.53. The molecule has 1 heterocycles. The predicted molar refractivity (Wildman–Crippen MR) is 104 cm³/mol. The Morgan fingerprint density at radius 2 is 2.04 bits per heavy atom. The zero-order valence-electron chi connectivity index (χ0n) is 14.9. The Hall–Kier alpha value is -1.01. The van der Waals surface area contributed by atoms with E-state index in [1.807, 2.05) is 19.2 Å². The van der Waals surface area contributed by atoms with Crippen LogP contribution in [0.5, 0.6) is 0 Å². The van der Waals surface area contributed by atoms with Gasteiger partial charge in [-0.2, -0.15) is 0 Å². The number of halogens is 2. The maximum Gasteiger partial charge on any atom is 0.193 e. The molecule has 0 spiro atoms. The highest BCUT2D eigenvalue weighted by atomic mass is 35.5. The number of nitrogens with one attached hydrogen (secondary N) is 1. The van der Waals surface area contributed by atoms with Crippen LogP contribution in [-0.4, -0.2) is 64.5 Å². The average molecular weight is 388 g/mol. The van der Waals surface area contributed by atoms with Gasteiger partial charge in [-0.3, -0.25) is 4.99 Å². The normalized spacial score (nSPS) is 18.0. The molecule has 0 radical (unpaired) electrons. The maximum absolute atomic E-state index is 6.04. The molecule has 1 aromatic rings. The number of ether oxygens (including phenoxy) is 2. The standard InChI is InChI=1S/C18H27Cl2N3O2/c1-21-18(22-5-3-14-9-16(19)11-17(20)10-14)23-6-4-15(12-23)13-25-8-7-24-2/h9-11,15H,3-8,12-13H2,1-2H3,(H,21,22). The predicted octanol–water partition coefficient (Wildman–Crippen LogP) is 3.10. The van der Waals surface area contributed by atoms with Crippen molar-refractivity contribution >= 4 is 29.2 Å². The van der Waals surface area contributed by atoms with Gasteiger partial charge >= 0.3 is 0 Å². The van der Waals surface area contributed by atoms with Gasteiger partial charge in [0.25, 0.3) is 0 Å². The number of rotatable bonds is 8. The van der Waals surface area contributed by atoms with E-state index in [-0.39, 0.29) is 0 Å². The molecule has 1 aromatic carbocycles. The van der Waals surface area contributed by atoms with E-state index in [0.717, 1.165) is 50.6 Å². The molecule has 0 saturated carbocycles. The molecule has 140 valence electrons. The molecule has 2 rings (SSSR count). The summed E-state index contributed by atoms with van der Waals surface area (Å²) in [7, 11) is 3.51. The van der Waals surface area contributed by atoms with E-state index >= 15 is 0 Å². The maximum atomic E-state index is 6.04. The Morgan fingerprint density at radius 3 is 2.72 bits per heavy atom. The van der Waals surface area contributed by atoms with Crippen LogP contribution in [0.3, 0.4) is 0 Å². The lowest BCUT2D eigenvalue weighted by atomic mass is 10.1. The summed E-state index contributed by atoms with van der Waals surface area (Å²) >= 11 is 12.1. The minimum absolute atomic E-state index is 0.544.